The normalized spacial score (nSPS) is 18.4. The van der Waals surface area contributed by atoms with E-state index in [1.54, 1.807) is 11.8 Å². The van der Waals surface area contributed by atoms with Gasteiger partial charge in [-0.1, -0.05) is 18.6 Å². The molecule has 160 valence electrons. The fraction of sp³-hybridized carbons (Fsp3) is 0.636. The molecule has 1 saturated carbocycles. The van der Waals surface area contributed by atoms with Crippen LogP contribution in [0.5, 0.6) is 0 Å². The first kappa shape index (κ1) is 22.0. The van der Waals surface area contributed by atoms with Crippen LogP contribution in [-0.2, 0) is 11.3 Å². The minimum absolute atomic E-state index is 0.319. The van der Waals surface area contributed by atoms with Gasteiger partial charge in [-0.25, -0.2) is 0 Å². The van der Waals surface area contributed by atoms with Crippen LogP contribution in [-0.4, -0.2) is 86.2 Å². The molecule has 0 atom stereocenters. The Morgan fingerprint density at radius 2 is 1.90 bits per heavy atom. The van der Waals surface area contributed by atoms with Gasteiger partial charge in [0, 0.05) is 70.7 Å². The second-order valence-corrected chi connectivity index (χ2v) is 8.85. The molecule has 1 aromatic rings. The van der Waals surface area contributed by atoms with Crippen LogP contribution in [0.25, 0.3) is 0 Å². The SMILES string of the molecule is CN=C(NCCN1CCN(C(=O)C2CCC2)CC1)N(C)Cc1ccc(SC)cc1. The average Bonchev–Trinajstić information content (AvgIpc) is 2.71. The largest absolute Gasteiger partial charge is 0.355 e. The maximum atomic E-state index is 12.4. The number of nitrogens with zero attached hydrogens (tertiary/aromatic N) is 4. The quantitative estimate of drug-likeness (QED) is 0.419. The molecule has 1 aliphatic heterocycles. The Morgan fingerprint density at radius 1 is 1.21 bits per heavy atom. The van der Waals surface area contributed by atoms with Crippen LogP contribution in [0.3, 0.4) is 0 Å². The number of hydrogen-bond donors (Lipinski definition) is 1. The summed E-state index contributed by atoms with van der Waals surface area (Å²) in [5.74, 6) is 1.62. The summed E-state index contributed by atoms with van der Waals surface area (Å²) >= 11 is 1.76. The van der Waals surface area contributed by atoms with Gasteiger partial charge in [0.15, 0.2) is 5.96 Å². The summed E-state index contributed by atoms with van der Waals surface area (Å²) in [4.78, 5) is 24.7. The van der Waals surface area contributed by atoms with E-state index in [9.17, 15) is 4.79 Å². The van der Waals surface area contributed by atoms with Crippen molar-refractivity contribution in [3.63, 3.8) is 0 Å². The maximum absolute atomic E-state index is 12.4. The Kier molecular flexibility index (Phi) is 8.24. The molecule has 1 amide bonds. The summed E-state index contributed by atoms with van der Waals surface area (Å²) < 4.78 is 0. The number of carbonyl (C=O) groups excluding carboxylic acids is 1. The van der Waals surface area contributed by atoms with Gasteiger partial charge in [-0.15, -0.1) is 11.8 Å². The zero-order valence-electron chi connectivity index (χ0n) is 18.1. The van der Waals surface area contributed by atoms with Gasteiger partial charge in [-0.05, 0) is 36.8 Å². The number of aliphatic imine (C=N–C) groups is 1. The second kappa shape index (κ2) is 10.9. The highest BCUT2D eigenvalue weighted by Gasteiger charge is 2.31. The third kappa shape index (κ3) is 6.12. The number of benzene rings is 1. The Bertz CT molecular complexity index is 681. The van der Waals surface area contributed by atoms with Crippen molar-refractivity contribution in [2.45, 2.75) is 30.7 Å². The summed E-state index contributed by atoms with van der Waals surface area (Å²) in [6.45, 7) is 6.34. The molecule has 1 N–H and O–H groups in total. The van der Waals surface area contributed by atoms with E-state index in [0.717, 1.165) is 64.6 Å². The van der Waals surface area contributed by atoms with Crippen molar-refractivity contribution in [1.82, 2.24) is 20.0 Å². The Morgan fingerprint density at radius 3 is 2.45 bits per heavy atom. The minimum Gasteiger partial charge on any atom is -0.355 e. The van der Waals surface area contributed by atoms with Gasteiger partial charge in [0.2, 0.25) is 5.91 Å². The molecule has 0 aromatic heterocycles. The first-order valence-corrected chi connectivity index (χ1v) is 11.9. The molecule has 0 radical (unpaired) electrons. The number of guanidine groups is 1. The summed E-state index contributed by atoms with van der Waals surface area (Å²) in [6, 6.07) is 8.69. The van der Waals surface area contributed by atoms with E-state index in [1.165, 1.54) is 16.9 Å². The van der Waals surface area contributed by atoms with Crippen molar-refractivity contribution in [3.8, 4) is 0 Å². The first-order chi connectivity index (χ1) is 14.1. The lowest BCUT2D eigenvalue weighted by Gasteiger charge is -2.38. The van der Waals surface area contributed by atoms with E-state index in [0.29, 0.717) is 11.8 Å². The topological polar surface area (TPSA) is 51.2 Å². The van der Waals surface area contributed by atoms with Crippen LogP contribution in [0.15, 0.2) is 34.2 Å². The first-order valence-electron chi connectivity index (χ1n) is 10.7. The highest BCUT2D eigenvalue weighted by Crippen LogP contribution is 2.28. The van der Waals surface area contributed by atoms with Gasteiger partial charge < -0.3 is 15.1 Å². The van der Waals surface area contributed by atoms with Crippen molar-refractivity contribution >= 4 is 23.6 Å². The number of nitrogens with one attached hydrogen (secondary N) is 1. The molecule has 3 rings (SSSR count). The number of hydrogen-bond acceptors (Lipinski definition) is 4. The molecule has 2 aliphatic rings. The number of piperazine rings is 1. The average molecular weight is 418 g/mol. The van der Waals surface area contributed by atoms with Crippen LogP contribution < -0.4 is 5.32 Å². The second-order valence-electron chi connectivity index (χ2n) is 7.97. The highest BCUT2D eigenvalue weighted by atomic mass is 32.2. The number of amides is 1. The van der Waals surface area contributed by atoms with Gasteiger partial charge >= 0.3 is 0 Å². The standard InChI is InChI=1S/C22H35N5OS/c1-23-22(25(2)17-18-7-9-20(29-3)10-8-18)24-11-12-26-13-15-27(16-14-26)21(28)19-5-4-6-19/h7-10,19H,4-6,11-17H2,1-3H3,(H,23,24). The van der Waals surface area contributed by atoms with E-state index in [1.807, 2.05) is 7.05 Å². The van der Waals surface area contributed by atoms with Crippen molar-refractivity contribution in [1.29, 1.82) is 0 Å². The predicted molar refractivity (Wildman–Crippen MR) is 121 cm³/mol. The van der Waals surface area contributed by atoms with E-state index in [4.69, 9.17) is 0 Å². The molecule has 1 heterocycles. The van der Waals surface area contributed by atoms with Crippen LogP contribution in [0, 0.1) is 5.92 Å². The van der Waals surface area contributed by atoms with E-state index in [2.05, 4.69) is 62.6 Å². The van der Waals surface area contributed by atoms with E-state index in [-0.39, 0.29) is 0 Å². The van der Waals surface area contributed by atoms with Gasteiger partial charge in [0.25, 0.3) is 0 Å². The lowest BCUT2D eigenvalue weighted by atomic mass is 9.84. The number of carbonyl (C=O) groups is 1. The lowest BCUT2D eigenvalue weighted by molar-refractivity contribution is -0.139. The molecule has 1 aromatic carbocycles. The maximum Gasteiger partial charge on any atom is 0.225 e. The molecule has 0 spiro atoms. The zero-order chi connectivity index (χ0) is 20.6. The highest BCUT2D eigenvalue weighted by molar-refractivity contribution is 7.98. The third-order valence-electron chi connectivity index (χ3n) is 6.00. The predicted octanol–water partition coefficient (Wildman–Crippen LogP) is 2.36. The smallest absolute Gasteiger partial charge is 0.225 e. The van der Waals surface area contributed by atoms with Crippen LogP contribution >= 0.6 is 11.8 Å². The molecule has 1 aliphatic carbocycles. The van der Waals surface area contributed by atoms with Crippen LogP contribution in [0.1, 0.15) is 24.8 Å². The Labute approximate surface area is 179 Å². The minimum atomic E-state index is 0.319. The fourth-order valence-electron chi connectivity index (χ4n) is 3.90. The third-order valence-corrected chi connectivity index (χ3v) is 6.75. The molecule has 7 heteroatoms. The molecule has 0 unspecified atom stereocenters. The summed E-state index contributed by atoms with van der Waals surface area (Å²) in [6.07, 6.45) is 5.51. The van der Waals surface area contributed by atoms with Crippen molar-refractivity contribution < 1.29 is 4.79 Å². The van der Waals surface area contributed by atoms with Gasteiger partial charge in [0.1, 0.15) is 0 Å². The van der Waals surface area contributed by atoms with Crippen molar-refractivity contribution in [2.24, 2.45) is 10.9 Å². The summed E-state index contributed by atoms with van der Waals surface area (Å²) in [5, 5.41) is 3.48. The molecule has 29 heavy (non-hydrogen) atoms. The van der Waals surface area contributed by atoms with Gasteiger partial charge in [-0.2, -0.15) is 0 Å². The fourth-order valence-corrected chi connectivity index (χ4v) is 4.30. The Hall–Kier alpha value is -1.73. The van der Waals surface area contributed by atoms with E-state index < -0.39 is 0 Å². The zero-order valence-corrected chi connectivity index (χ0v) is 18.9. The molecular formula is C22H35N5OS. The summed E-state index contributed by atoms with van der Waals surface area (Å²) in [7, 11) is 3.91. The lowest BCUT2D eigenvalue weighted by Crippen LogP contribution is -2.52. The number of thioether (sulfide) groups is 1. The van der Waals surface area contributed by atoms with Gasteiger partial charge in [0.05, 0.1) is 0 Å². The molecule has 2 fully saturated rings. The molecule has 0 bridgehead atoms. The summed E-state index contributed by atoms with van der Waals surface area (Å²) in [5.41, 5.74) is 1.28. The molecular weight excluding hydrogens is 382 g/mol. The van der Waals surface area contributed by atoms with Crippen LogP contribution in [0.4, 0.5) is 0 Å². The molecule has 6 nitrogen and oxygen atoms in total. The monoisotopic (exact) mass is 417 g/mol. The number of rotatable bonds is 7. The Balaban J connectivity index is 1.36. The van der Waals surface area contributed by atoms with Gasteiger partial charge in [-0.3, -0.25) is 14.7 Å². The van der Waals surface area contributed by atoms with Crippen molar-refractivity contribution in [3.05, 3.63) is 29.8 Å². The molecule has 1 saturated heterocycles. The van der Waals surface area contributed by atoms with Crippen LogP contribution in [0.2, 0.25) is 0 Å². The van der Waals surface area contributed by atoms with E-state index >= 15 is 0 Å². The van der Waals surface area contributed by atoms with Crippen molar-refractivity contribution in [2.75, 3.05) is 59.6 Å².